The van der Waals surface area contributed by atoms with E-state index in [9.17, 15) is 9.59 Å². The molecule has 7 nitrogen and oxygen atoms in total. The van der Waals surface area contributed by atoms with Crippen molar-refractivity contribution in [3.63, 3.8) is 0 Å². The lowest BCUT2D eigenvalue weighted by molar-refractivity contribution is -0.117. The molecule has 2 amide bonds. The van der Waals surface area contributed by atoms with Crippen LogP contribution in [0.15, 0.2) is 54.7 Å². The number of aryl methyl sites for hydroxylation is 1. The third-order valence-electron chi connectivity index (χ3n) is 7.69. The van der Waals surface area contributed by atoms with Crippen molar-refractivity contribution in [3.05, 3.63) is 81.3 Å². The van der Waals surface area contributed by atoms with Gasteiger partial charge in [0.1, 0.15) is 10.8 Å². The molecular formula is C31H31ClN4O3S. The van der Waals surface area contributed by atoms with Gasteiger partial charge in [0.05, 0.1) is 29.1 Å². The monoisotopic (exact) mass is 574 g/mol. The van der Waals surface area contributed by atoms with E-state index in [1.54, 1.807) is 18.4 Å². The number of para-hydroxylation sites is 1. The molecule has 0 saturated heterocycles. The number of benzene rings is 2. The van der Waals surface area contributed by atoms with Gasteiger partial charge in [0.2, 0.25) is 5.91 Å². The summed E-state index contributed by atoms with van der Waals surface area (Å²) < 4.78 is 7.20. The average molecular weight is 575 g/mol. The van der Waals surface area contributed by atoms with Crippen LogP contribution in [0.2, 0.25) is 5.02 Å². The Morgan fingerprint density at radius 3 is 2.70 bits per heavy atom. The number of methoxy groups -OCH3 is 1. The van der Waals surface area contributed by atoms with Gasteiger partial charge >= 0.3 is 0 Å². The molecular weight excluding hydrogens is 544 g/mol. The highest BCUT2D eigenvalue weighted by molar-refractivity contribution is 7.17. The molecule has 4 aromatic rings. The van der Waals surface area contributed by atoms with E-state index in [2.05, 4.69) is 10.6 Å². The van der Waals surface area contributed by atoms with Crippen LogP contribution < -0.4 is 15.4 Å². The van der Waals surface area contributed by atoms with E-state index in [0.29, 0.717) is 34.3 Å². The maximum Gasteiger partial charge on any atom is 0.254 e. The van der Waals surface area contributed by atoms with Crippen LogP contribution in [0.25, 0.3) is 16.9 Å². The Morgan fingerprint density at radius 2 is 1.95 bits per heavy atom. The number of carbonyl (C=O) groups is 2. The predicted octanol–water partition coefficient (Wildman–Crippen LogP) is 6.63. The lowest BCUT2D eigenvalue weighted by atomic mass is 9.95. The van der Waals surface area contributed by atoms with Crippen LogP contribution in [0, 0.1) is 5.92 Å². The Bertz CT molecular complexity index is 1580. The molecule has 6 rings (SSSR count). The van der Waals surface area contributed by atoms with E-state index < -0.39 is 0 Å². The number of nitrogens with zero attached hydrogens (tertiary/aromatic N) is 2. The summed E-state index contributed by atoms with van der Waals surface area (Å²) in [5.74, 6) is 0.241. The lowest BCUT2D eigenvalue weighted by Crippen LogP contribution is -2.25. The number of nitrogens with one attached hydrogen (secondary N) is 2. The van der Waals surface area contributed by atoms with Crippen molar-refractivity contribution in [2.45, 2.75) is 44.9 Å². The first-order valence-electron chi connectivity index (χ1n) is 13.7. The number of ether oxygens (including phenoxy) is 1. The minimum Gasteiger partial charge on any atom is -0.495 e. The maximum absolute atomic E-state index is 13.6. The van der Waals surface area contributed by atoms with E-state index >= 15 is 0 Å². The van der Waals surface area contributed by atoms with Crippen molar-refractivity contribution in [2.24, 2.45) is 5.92 Å². The third-order valence-corrected chi connectivity index (χ3v) is 9.19. The minimum atomic E-state index is -0.206. The Labute approximate surface area is 242 Å². The van der Waals surface area contributed by atoms with Crippen molar-refractivity contribution in [1.82, 2.24) is 15.1 Å². The molecule has 2 unspecified atom stereocenters. The predicted molar refractivity (Wildman–Crippen MR) is 159 cm³/mol. The van der Waals surface area contributed by atoms with Gasteiger partial charge in [-0.3, -0.25) is 9.59 Å². The van der Waals surface area contributed by atoms with Gasteiger partial charge in [-0.1, -0.05) is 29.8 Å². The standard InChI is InChI=1S/C31H31ClN4O3S/c1-3-33-30(38)27-20-11-7-8-12-26(20)40-31(27)34-29(37)22-16-21(22)23-17-36(19-9-5-4-6-10-19)35-28(23)18-13-14-25(39-2)24(32)15-18/h4-6,9-10,13-15,17,21-22H,3,7-8,11-12,16H2,1-2H3,(H,33,38)(H,34,37). The molecule has 2 aromatic carbocycles. The molecule has 2 heterocycles. The molecule has 0 radical (unpaired) electrons. The molecule has 2 N–H and O–H groups in total. The van der Waals surface area contributed by atoms with Crippen molar-refractivity contribution >= 4 is 39.8 Å². The number of thiophene rings is 1. The zero-order valence-corrected chi connectivity index (χ0v) is 24.1. The summed E-state index contributed by atoms with van der Waals surface area (Å²) in [6.07, 6.45) is 6.75. The quantitative estimate of drug-likeness (QED) is 0.247. The molecule has 0 spiro atoms. The zero-order chi connectivity index (χ0) is 27.8. The first-order chi connectivity index (χ1) is 19.5. The van der Waals surface area contributed by atoms with E-state index in [1.165, 1.54) is 4.88 Å². The van der Waals surface area contributed by atoms with Crippen LogP contribution in [-0.4, -0.2) is 35.2 Å². The topological polar surface area (TPSA) is 85.3 Å². The fraction of sp³-hybridized carbons (Fsp3) is 0.323. The van der Waals surface area contributed by atoms with Crippen LogP contribution in [0.5, 0.6) is 5.75 Å². The van der Waals surface area contributed by atoms with Gasteiger partial charge < -0.3 is 15.4 Å². The highest BCUT2D eigenvalue weighted by atomic mass is 35.5. The molecule has 2 aliphatic rings. The molecule has 2 aromatic heterocycles. The van der Waals surface area contributed by atoms with Crippen LogP contribution in [-0.2, 0) is 17.6 Å². The largest absolute Gasteiger partial charge is 0.495 e. The maximum atomic E-state index is 13.6. The van der Waals surface area contributed by atoms with E-state index in [4.69, 9.17) is 21.4 Å². The van der Waals surface area contributed by atoms with Crippen molar-refractivity contribution in [3.8, 4) is 22.7 Å². The Morgan fingerprint density at radius 1 is 1.15 bits per heavy atom. The summed E-state index contributed by atoms with van der Waals surface area (Å²) in [6.45, 7) is 2.46. The van der Waals surface area contributed by atoms with E-state index in [1.807, 2.05) is 66.3 Å². The number of fused-ring (bicyclic) bond motifs is 1. The first kappa shape index (κ1) is 26.6. The molecule has 0 aliphatic heterocycles. The molecule has 1 fully saturated rings. The Balaban J connectivity index is 1.30. The summed E-state index contributed by atoms with van der Waals surface area (Å²) in [4.78, 5) is 27.8. The summed E-state index contributed by atoms with van der Waals surface area (Å²) in [5.41, 5.74) is 5.35. The SMILES string of the molecule is CCNC(=O)c1c(NC(=O)C2CC2c2cn(-c3ccccc3)nc2-c2ccc(OC)c(Cl)c2)sc2c1CCCC2. The van der Waals surface area contributed by atoms with Gasteiger partial charge in [-0.05, 0) is 74.9 Å². The van der Waals surface area contributed by atoms with Gasteiger partial charge in [-0.15, -0.1) is 11.3 Å². The van der Waals surface area contributed by atoms with Gasteiger partial charge in [0, 0.05) is 40.6 Å². The number of hydrogen-bond donors (Lipinski definition) is 2. The van der Waals surface area contributed by atoms with Gasteiger partial charge in [0.15, 0.2) is 0 Å². The van der Waals surface area contributed by atoms with Gasteiger partial charge in [-0.25, -0.2) is 4.68 Å². The van der Waals surface area contributed by atoms with Crippen LogP contribution in [0.3, 0.4) is 0 Å². The average Bonchev–Trinajstić information content (AvgIpc) is 3.50. The molecule has 206 valence electrons. The number of anilines is 1. The number of amides is 2. The number of hydrogen-bond acceptors (Lipinski definition) is 5. The summed E-state index contributed by atoms with van der Waals surface area (Å²) in [7, 11) is 1.59. The number of carbonyl (C=O) groups excluding carboxylic acids is 2. The van der Waals surface area contributed by atoms with Crippen molar-refractivity contribution in [1.29, 1.82) is 0 Å². The van der Waals surface area contributed by atoms with Crippen LogP contribution in [0.4, 0.5) is 5.00 Å². The Hall–Kier alpha value is -3.62. The smallest absolute Gasteiger partial charge is 0.254 e. The number of rotatable bonds is 8. The first-order valence-corrected chi connectivity index (χ1v) is 14.9. The van der Waals surface area contributed by atoms with Crippen LogP contribution in [0.1, 0.15) is 58.5 Å². The third kappa shape index (κ3) is 5.02. The van der Waals surface area contributed by atoms with Crippen molar-refractivity contribution < 1.29 is 14.3 Å². The number of halogens is 1. The molecule has 40 heavy (non-hydrogen) atoms. The summed E-state index contributed by atoms with van der Waals surface area (Å²) >= 11 is 8.03. The molecule has 0 bridgehead atoms. The van der Waals surface area contributed by atoms with Crippen LogP contribution >= 0.6 is 22.9 Å². The summed E-state index contributed by atoms with van der Waals surface area (Å²) in [6, 6.07) is 15.5. The molecule has 9 heteroatoms. The minimum absolute atomic E-state index is 0.0100. The number of aromatic nitrogens is 2. The van der Waals surface area contributed by atoms with Gasteiger partial charge in [-0.2, -0.15) is 5.10 Å². The highest BCUT2D eigenvalue weighted by Gasteiger charge is 2.46. The second-order valence-corrected chi connectivity index (χ2v) is 11.8. The molecule has 2 atom stereocenters. The lowest BCUT2D eigenvalue weighted by Gasteiger charge is -2.12. The normalized spacial score (nSPS) is 17.7. The molecule has 2 aliphatic carbocycles. The van der Waals surface area contributed by atoms with Crippen molar-refractivity contribution in [2.75, 3.05) is 19.0 Å². The van der Waals surface area contributed by atoms with E-state index in [0.717, 1.165) is 53.8 Å². The fourth-order valence-electron chi connectivity index (χ4n) is 5.59. The Kier molecular flexibility index (Phi) is 7.38. The second-order valence-electron chi connectivity index (χ2n) is 10.3. The highest BCUT2D eigenvalue weighted by Crippen LogP contribution is 2.51. The zero-order valence-electron chi connectivity index (χ0n) is 22.5. The van der Waals surface area contributed by atoms with E-state index in [-0.39, 0.29) is 23.7 Å². The second kappa shape index (κ2) is 11.1. The van der Waals surface area contributed by atoms with Gasteiger partial charge in [0.25, 0.3) is 5.91 Å². The fourth-order valence-corrected chi connectivity index (χ4v) is 7.13. The summed E-state index contributed by atoms with van der Waals surface area (Å²) in [5, 5.41) is 12.2. The molecule has 1 saturated carbocycles.